The van der Waals surface area contributed by atoms with E-state index in [2.05, 4.69) is 20.7 Å². The number of carbonyl (C=O) groups is 2. The van der Waals surface area contributed by atoms with Crippen molar-refractivity contribution in [3.8, 4) is 11.5 Å². The minimum Gasteiger partial charge on any atom is -0.461 e. The third-order valence-corrected chi connectivity index (χ3v) is 5.77. The highest BCUT2D eigenvalue weighted by Crippen LogP contribution is 2.26. The quantitative estimate of drug-likeness (QED) is 0.470. The maximum absolute atomic E-state index is 12.3. The summed E-state index contributed by atoms with van der Waals surface area (Å²) in [6.07, 6.45) is 1.50. The Morgan fingerprint density at radius 3 is 2.89 bits per heavy atom. The number of morpholine rings is 1. The summed E-state index contributed by atoms with van der Waals surface area (Å²) in [4.78, 5) is 26.2. The molecule has 0 saturated carbocycles. The van der Waals surface area contributed by atoms with Gasteiger partial charge in [0.2, 0.25) is 16.8 Å². The molecule has 1 fully saturated rings. The molecule has 0 unspecified atom stereocenters. The summed E-state index contributed by atoms with van der Waals surface area (Å²) in [5, 5.41) is 14.6. The van der Waals surface area contributed by atoms with Gasteiger partial charge in [-0.3, -0.25) is 14.9 Å². The number of furan rings is 1. The summed E-state index contributed by atoms with van der Waals surface area (Å²) in [5.41, 5.74) is 0.0956. The topological polar surface area (TPSA) is 124 Å². The number of hydrogen-bond donors (Lipinski definition) is 1. The van der Waals surface area contributed by atoms with Gasteiger partial charge in [-0.25, -0.2) is 0 Å². The van der Waals surface area contributed by atoms with Crippen molar-refractivity contribution >= 4 is 40.0 Å². The maximum atomic E-state index is 12.3. The van der Waals surface area contributed by atoms with Gasteiger partial charge in [-0.1, -0.05) is 28.3 Å². The third-order valence-electron chi connectivity index (χ3n) is 3.82. The van der Waals surface area contributed by atoms with Crippen LogP contribution in [0.4, 0.5) is 5.13 Å². The molecule has 12 heteroatoms. The van der Waals surface area contributed by atoms with E-state index in [1.807, 2.05) is 0 Å². The molecule has 2 amide bonds. The Morgan fingerprint density at radius 1 is 1.25 bits per heavy atom. The van der Waals surface area contributed by atoms with Crippen molar-refractivity contribution in [2.45, 2.75) is 4.34 Å². The van der Waals surface area contributed by atoms with E-state index in [4.69, 9.17) is 13.7 Å². The highest BCUT2D eigenvalue weighted by molar-refractivity contribution is 8.01. The lowest BCUT2D eigenvalue weighted by atomic mass is 10.3. The molecule has 0 spiro atoms. The van der Waals surface area contributed by atoms with Gasteiger partial charge in [-0.05, 0) is 12.1 Å². The molecule has 0 radical (unpaired) electrons. The van der Waals surface area contributed by atoms with Crippen LogP contribution in [0.3, 0.4) is 0 Å². The summed E-state index contributed by atoms with van der Waals surface area (Å²) < 4.78 is 16.1. The Balaban J connectivity index is 1.30. The van der Waals surface area contributed by atoms with Gasteiger partial charge in [-0.2, -0.15) is 0 Å². The average Bonchev–Trinajstić information content (AvgIpc) is 3.47. The Morgan fingerprint density at radius 2 is 2.11 bits per heavy atom. The highest BCUT2D eigenvalue weighted by atomic mass is 32.2. The van der Waals surface area contributed by atoms with E-state index in [1.54, 1.807) is 17.0 Å². The van der Waals surface area contributed by atoms with Crippen molar-refractivity contribution in [1.29, 1.82) is 0 Å². The fourth-order valence-electron chi connectivity index (χ4n) is 2.42. The van der Waals surface area contributed by atoms with Crippen LogP contribution in [-0.2, 0) is 9.53 Å². The molecule has 146 valence electrons. The minimum absolute atomic E-state index is 0.0298. The van der Waals surface area contributed by atoms with E-state index in [1.165, 1.54) is 35.4 Å². The molecule has 1 saturated heterocycles. The normalized spacial score (nSPS) is 14.2. The molecule has 0 aromatic carbocycles. The number of anilines is 1. The molecule has 0 aliphatic carbocycles. The van der Waals surface area contributed by atoms with E-state index in [0.717, 1.165) is 0 Å². The first kappa shape index (κ1) is 18.7. The van der Waals surface area contributed by atoms with Crippen LogP contribution in [-0.4, -0.2) is 64.1 Å². The fourth-order valence-corrected chi connectivity index (χ4v) is 4.07. The van der Waals surface area contributed by atoms with Crippen LogP contribution < -0.4 is 5.32 Å². The second-order valence-electron chi connectivity index (χ2n) is 5.66. The summed E-state index contributed by atoms with van der Waals surface area (Å²) in [5.74, 6) is 0.649. The van der Waals surface area contributed by atoms with Gasteiger partial charge in [0.15, 0.2) is 15.8 Å². The molecule has 3 aromatic rings. The fraction of sp³-hybridized carbons (Fsp3) is 0.312. The number of amides is 2. The number of carbonyl (C=O) groups excluding carboxylic acids is 2. The molecule has 1 aliphatic heterocycles. The molecule has 0 atom stereocenters. The van der Waals surface area contributed by atoms with Gasteiger partial charge >= 0.3 is 0 Å². The van der Waals surface area contributed by atoms with Crippen molar-refractivity contribution in [3.05, 3.63) is 30.2 Å². The van der Waals surface area contributed by atoms with Gasteiger partial charge in [0, 0.05) is 19.2 Å². The summed E-state index contributed by atoms with van der Waals surface area (Å²) in [7, 11) is 0. The van der Waals surface area contributed by atoms with Crippen LogP contribution in [0, 0.1) is 0 Å². The Labute approximate surface area is 167 Å². The lowest BCUT2D eigenvalue weighted by Gasteiger charge is -2.26. The number of nitrogens with one attached hydrogen (secondary N) is 1. The number of ether oxygens (including phenoxy) is 1. The van der Waals surface area contributed by atoms with E-state index < -0.39 is 5.91 Å². The molecule has 0 bridgehead atoms. The molecule has 10 nitrogen and oxygen atoms in total. The molecule has 1 aliphatic rings. The Kier molecular flexibility index (Phi) is 5.69. The van der Waals surface area contributed by atoms with E-state index in [-0.39, 0.29) is 17.4 Å². The van der Waals surface area contributed by atoms with Crippen LogP contribution in [0.5, 0.6) is 0 Å². The molecular weight excluding hydrogens is 406 g/mol. The summed E-state index contributed by atoms with van der Waals surface area (Å²) in [6, 6.07) is 4.89. The molecule has 3 aromatic heterocycles. The Bertz CT molecular complexity index is 948. The predicted molar refractivity (Wildman–Crippen MR) is 100 cm³/mol. The van der Waals surface area contributed by atoms with E-state index >= 15 is 0 Å². The largest absolute Gasteiger partial charge is 0.461 e. The molecule has 1 N–H and O–H groups in total. The molecule has 28 heavy (non-hydrogen) atoms. The number of rotatable bonds is 6. The van der Waals surface area contributed by atoms with Crippen LogP contribution in [0.15, 0.2) is 37.7 Å². The van der Waals surface area contributed by atoms with Crippen molar-refractivity contribution in [1.82, 2.24) is 20.3 Å². The first-order chi connectivity index (χ1) is 13.7. The first-order valence-electron chi connectivity index (χ1n) is 8.33. The summed E-state index contributed by atoms with van der Waals surface area (Å²) in [6.45, 7) is 2.34. The van der Waals surface area contributed by atoms with Crippen LogP contribution in [0.25, 0.3) is 11.5 Å². The van der Waals surface area contributed by atoms with Gasteiger partial charge < -0.3 is 18.6 Å². The van der Waals surface area contributed by atoms with Crippen molar-refractivity contribution in [2.24, 2.45) is 0 Å². The lowest BCUT2D eigenvalue weighted by molar-refractivity contribution is -0.132. The van der Waals surface area contributed by atoms with Crippen LogP contribution in [0.2, 0.25) is 0 Å². The zero-order chi connectivity index (χ0) is 19.3. The van der Waals surface area contributed by atoms with Crippen molar-refractivity contribution < 1.29 is 23.3 Å². The SMILES string of the molecule is O=C(Nc1nnc(SCC(=O)N2CCOCC2)s1)c1cc(-c2ccco2)on1. The second kappa shape index (κ2) is 8.54. The summed E-state index contributed by atoms with van der Waals surface area (Å²) >= 11 is 2.47. The number of thioether (sulfide) groups is 1. The maximum Gasteiger partial charge on any atom is 0.279 e. The third kappa shape index (κ3) is 4.40. The molecular formula is C16H15N5O5S2. The second-order valence-corrected chi connectivity index (χ2v) is 7.86. The zero-order valence-electron chi connectivity index (χ0n) is 14.5. The first-order valence-corrected chi connectivity index (χ1v) is 10.1. The van der Waals surface area contributed by atoms with Gasteiger partial charge in [0.05, 0.1) is 25.2 Å². The van der Waals surface area contributed by atoms with Gasteiger partial charge in [0.1, 0.15) is 0 Å². The number of hydrogen-bond acceptors (Lipinski definition) is 10. The molecule has 4 rings (SSSR count). The van der Waals surface area contributed by atoms with Gasteiger partial charge in [-0.15, -0.1) is 10.2 Å². The van der Waals surface area contributed by atoms with Crippen LogP contribution >= 0.6 is 23.1 Å². The van der Waals surface area contributed by atoms with Crippen molar-refractivity contribution in [3.63, 3.8) is 0 Å². The highest BCUT2D eigenvalue weighted by Gasteiger charge is 2.19. The van der Waals surface area contributed by atoms with E-state index in [0.29, 0.717) is 47.3 Å². The van der Waals surface area contributed by atoms with E-state index in [9.17, 15) is 9.59 Å². The number of nitrogens with zero attached hydrogens (tertiary/aromatic N) is 4. The van der Waals surface area contributed by atoms with Gasteiger partial charge in [0.25, 0.3) is 5.91 Å². The average molecular weight is 421 g/mol. The number of aromatic nitrogens is 3. The minimum atomic E-state index is -0.473. The van der Waals surface area contributed by atoms with Crippen molar-refractivity contribution in [2.75, 3.05) is 37.4 Å². The standard InChI is InChI=1S/C16H15N5O5S2/c22-13(21-3-6-24-7-4-21)9-27-16-19-18-15(28-16)17-14(23)10-8-12(26-20-10)11-2-1-5-25-11/h1-2,5,8H,3-4,6-7,9H2,(H,17,18,23). The monoisotopic (exact) mass is 421 g/mol. The zero-order valence-corrected chi connectivity index (χ0v) is 16.1. The smallest absolute Gasteiger partial charge is 0.279 e. The predicted octanol–water partition coefficient (Wildman–Crippen LogP) is 1.99. The van der Waals surface area contributed by atoms with Crippen LogP contribution in [0.1, 0.15) is 10.5 Å². The lowest BCUT2D eigenvalue weighted by Crippen LogP contribution is -2.41. The Hall–Kier alpha value is -2.70. The molecule has 4 heterocycles.